The number of ether oxygens (including phenoxy) is 4. The van der Waals surface area contributed by atoms with Gasteiger partial charge in [0.1, 0.15) is 0 Å². The molecule has 0 fully saturated rings. The third-order valence-electron chi connectivity index (χ3n) is 3.45. The molecule has 9 heteroatoms. The summed E-state index contributed by atoms with van der Waals surface area (Å²) >= 11 is 3.51. The Morgan fingerprint density at radius 2 is 1.85 bits per heavy atom. The lowest BCUT2D eigenvalue weighted by Crippen LogP contribution is -2.38. The lowest BCUT2D eigenvalue weighted by atomic mass is 10.2. The third-order valence-corrected chi connectivity index (χ3v) is 4.04. The van der Waals surface area contributed by atoms with E-state index in [9.17, 15) is 0 Å². The van der Waals surface area contributed by atoms with Crippen LogP contribution in [0.1, 0.15) is 18.9 Å². The number of benzene rings is 1. The maximum Gasteiger partial charge on any atom is 0.191 e. The van der Waals surface area contributed by atoms with Crippen LogP contribution in [-0.4, -0.2) is 60.2 Å². The van der Waals surface area contributed by atoms with Gasteiger partial charge < -0.3 is 29.6 Å². The van der Waals surface area contributed by atoms with Gasteiger partial charge >= 0.3 is 0 Å². The van der Waals surface area contributed by atoms with E-state index in [0.29, 0.717) is 37.9 Å². The minimum atomic E-state index is 0. The van der Waals surface area contributed by atoms with E-state index in [-0.39, 0.29) is 24.0 Å². The molecule has 7 nitrogen and oxygen atoms in total. The first kappa shape index (κ1) is 26.2. The highest BCUT2D eigenvalue weighted by Crippen LogP contribution is 2.36. The highest BCUT2D eigenvalue weighted by atomic mass is 127. The van der Waals surface area contributed by atoms with Crippen molar-refractivity contribution in [1.82, 2.24) is 10.6 Å². The summed E-state index contributed by atoms with van der Waals surface area (Å²) in [6, 6.07) is 3.92. The molecule has 0 aliphatic rings. The average molecular weight is 560 g/mol. The molecule has 0 saturated heterocycles. The number of nitrogens with one attached hydrogen (secondary N) is 2. The van der Waals surface area contributed by atoms with Crippen molar-refractivity contribution in [2.24, 2.45) is 4.99 Å². The van der Waals surface area contributed by atoms with Gasteiger partial charge in [0.25, 0.3) is 0 Å². The van der Waals surface area contributed by atoms with Crippen molar-refractivity contribution in [3.05, 3.63) is 22.2 Å². The molecule has 1 rings (SSSR count). The van der Waals surface area contributed by atoms with Crippen LogP contribution in [0, 0.1) is 0 Å². The Balaban J connectivity index is 0.00000676. The zero-order valence-electron chi connectivity index (χ0n) is 16.5. The molecule has 0 atom stereocenters. The quantitative estimate of drug-likeness (QED) is 0.177. The van der Waals surface area contributed by atoms with E-state index in [1.165, 1.54) is 0 Å². The summed E-state index contributed by atoms with van der Waals surface area (Å²) < 4.78 is 21.9. The van der Waals surface area contributed by atoms with E-state index >= 15 is 0 Å². The molecule has 1 aromatic carbocycles. The molecule has 0 aliphatic carbocycles. The van der Waals surface area contributed by atoms with Crippen LogP contribution in [0.4, 0.5) is 0 Å². The van der Waals surface area contributed by atoms with E-state index in [0.717, 1.165) is 35.5 Å². The van der Waals surface area contributed by atoms with Crippen LogP contribution in [-0.2, 0) is 16.0 Å². The summed E-state index contributed by atoms with van der Waals surface area (Å²) in [7, 11) is 4.91. The van der Waals surface area contributed by atoms with Crippen molar-refractivity contribution < 1.29 is 18.9 Å². The summed E-state index contributed by atoms with van der Waals surface area (Å²) in [5.41, 5.74) is 1.02. The Kier molecular flexibility index (Phi) is 15.7. The third kappa shape index (κ3) is 10.4. The molecule has 2 N–H and O–H groups in total. The number of methoxy groups -OCH3 is 3. The Morgan fingerprint density at radius 1 is 1.07 bits per heavy atom. The Labute approximate surface area is 187 Å². The summed E-state index contributed by atoms with van der Waals surface area (Å²) in [5.74, 6) is 2.13. The predicted octanol–water partition coefficient (Wildman–Crippen LogP) is 3.19. The topological polar surface area (TPSA) is 73.3 Å². The van der Waals surface area contributed by atoms with Crippen LogP contribution in [0.3, 0.4) is 0 Å². The monoisotopic (exact) mass is 559 g/mol. The second-order valence-electron chi connectivity index (χ2n) is 5.39. The van der Waals surface area contributed by atoms with Gasteiger partial charge in [-0.25, -0.2) is 4.99 Å². The number of hydrogen-bond acceptors (Lipinski definition) is 5. The summed E-state index contributed by atoms with van der Waals surface area (Å²) in [4.78, 5) is 4.62. The molecule has 0 unspecified atom stereocenters. The zero-order chi connectivity index (χ0) is 19.2. The Morgan fingerprint density at radius 3 is 2.48 bits per heavy atom. The van der Waals surface area contributed by atoms with Gasteiger partial charge in [0.15, 0.2) is 17.5 Å². The molecule has 0 aromatic heterocycles. The van der Waals surface area contributed by atoms with Gasteiger partial charge in [-0.15, -0.1) is 24.0 Å². The molecule has 0 heterocycles. The van der Waals surface area contributed by atoms with Crippen molar-refractivity contribution in [3.8, 4) is 11.5 Å². The van der Waals surface area contributed by atoms with Gasteiger partial charge in [0.05, 0.1) is 38.5 Å². The lowest BCUT2D eigenvalue weighted by molar-refractivity contribution is 0.0698. The van der Waals surface area contributed by atoms with Crippen LogP contribution in [0.25, 0.3) is 0 Å². The highest BCUT2D eigenvalue weighted by Gasteiger charge is 2.10. The van der Waals surface area contributed by atoms with Crippen LogP contribution >= 0.6 is 39.9 Å². The first-order valence-electron chi connectivity index (χ1n) is 8.65. The predicted molar refractivity (Wildman–Crippen MR) is 123 cm³/mol. The normalized spacial score (nSPS) is 10.9. The standard InChI is InChI=1S/C18H30BrN3O4.HI/c1-5-20-18(21-7-6-8-26-10-9-23-2)22-13-14-11-15(19)17(25-4)16(12-14)24-3;/h11-12H,5-10,13H2,1-4H3,(H2,20,21,22);1H. The van der Waals surface area contributed by atoms with Crippen molar-refractivity contribution in [3.63, 3.8) is 0 Å². The zero-order valence-corrected chi connectivity index (χ0v) is 20.4. The van der Waals surface area contributed by atoms with Gasteiger partial charge in [-0.1, -0.05) is 0 Å². The van der Waals surface area contributed by atoms with Gasteiger partial charge in [-0.2, -0.15) is 0 Å². The molecule has 0 aliphatic heterocycles. The first-order chi connectivity index (χ1) is 12.7. The van der Waals surface area contributed by atoms with E-state index in [1.54, 1.807) is 21.3 Å². The van der Waals surface area contributed by atoms with Crippen molar-refractivity contribution in [2.45, 2.75) is 19.9 Å². The fraction of sp³-hybridized carbons (Fsp3) is 0.611. The van der Waals surface area contributed by atoms with E-state index in [2.05, 4.69) is 31.6 Å². The van der Waals surface area contributed by atoms with Crippen LogP contribution in [0.15, 0.2) is 21.6 Å². The molecule has 0 radical (unpaired) electrons. The maximum absolute atomic E-state index is 5.45. The number of nitrogens with zero attached hydrogens (tertiary/aromatic N) is 1. The number of aliphatic imine (C=N–C) groups is 1. The molecule has 0 spiro atoms. The molecular weight excluding hydrogens is 529 g/mol. The molecule has 0 bridgehead atoms. The number of hydrogen-bond donors (Lipinski definition) is 2. The van der Waals surface area contributed by atoms with E-state index in [1.807, 2.05) is 19.1 Å². The minimum Gasteiger partial charge on any atom is -0.493 e. The van der Waals surface area contributed by atoms with Crippen molar-refractivity contribution in [1.29, 1.82) is 0 Å². The molecular formula is C18H31BrIN3O4. The summed E-state index contributed by atoms with van der Waals surface area (Å²) in [6.07, 6.45) is 0.899. The number of guanidine groups is 1. The van der Waals surface area contributed by atoms with Gasteiger partial charge in [-0.05, 0) is 47.0 Å². The molecule has 27 heavy (non-hydrogen) atoms. The minimum absolute atomic E-state index is 0. The van der Waals surface area contributed by atoms with Gasteiger partial charge in [0.2, 0.25) is 0 Å². The van der Waals surface area contributed by atoms with Crippen molar-refractivity contribution >= 4 is 45.9 Å². The largest absolute Gasteiger partial charge is 0.493 e. The van der Waals surface area contributed by atoms with E-state index in [4.69, 9.17) is 18.9 Å². The molecule has 0 saturated carbocycles. The Bertz CT molecular complexity index is 562. The summed E-state index contributed by atoms with van der Waals surface area (Å²) in [6.45, 7) is 6.09. The van der Waals surface area contributed by atoms with Crippen LogP contribution in [0.2, 0.25) is 0 Å². The maximum atomic E-state index is 5.45. The average Bonchev–Trinajstić information content (AvgIpc) is 2.64. The fourth-order valence-corrected chi connectivity index (χ4v) is 2.85. The van der Waals surface area contributed by atoms with Crippen molar-refractivity contribution in [2.75, 3.05) is 54.2 Å². The second kappa shape index (κ2) is 16.2. The highest BCUT2D eigenvalue weighted by molar-refractivity contribution is 14.0. The molecule has 0 amide bonds. The van der Waals surface area contributed by atoms with Crippen LogP contribution in [0.5, 0.6) is 11.5 Å². The molecule has 1 aromatic rings. The smallest absolute Gasteiger partial charge is 0.191 e. The number of halogens is 2. The van der Waals surface area contributed by atoms with Crippen LogP contribution < -0.4 is 20.1 Å². The molecule has 156 valence electrons. The fourth-order valence-electron chi connectivity index (χ4n) is 2.20. The lowest BCUT2D eigenvalue weighted by Gasteiger charge is -2.13. The van der Waals surface area contributed by atoms with Gasteiger partial charge in [0, 0.05) is 26.8 Å². The Hall–Kier alpha value is -0.780. The second-order valence-corrected chi connectivity index (χ2v) is 6.25. The first-order valence-corrected chi connectivity index (χ1v) is 9.44. The summed E-state index contributed by atoms with van der Waals surface area (Å²) in [5, 5.41) is 6.55. The van der Waals surface area contributed by atoms with Gasteiger partial charge in [-0.3, -0.25) is 0 Å². The number of rotatable bonds is 12. The SMILES string of the molecule is CCNC(=NCc1cc(Br)c(OC)c(OC)c1)NCCCOCCOC.I. The van der Waals surface area contributed by atoms with E-state index < -0.39 is 0 Å².